The summed E-state index contributed by atoms with van der Waals surface area (Å²) in [4.78, 5) is 0. The molecule has 0 amide bonds. The van der Waals surface area contributed by atoms with Crippen LogP contribution < -0.4 is 5.32 Å². The molecule has 1 atom stereocenters. The van der Waals surface area contributed by atoms with Gasteiger partial charge in [0.15, 0.2) is 0 Å². The van der Waals surface area contributed by atoms with E-state index in [2.05, 4.69) is 5.32 Å². The molecular formula is C13H19NO2. The summed E-state index contributed by atoms with van der Waals surface area (Å²) in [5.74, 6) is 0.368. The lowest BCUT2D eigenvalue weighted by Crippen LogP contribution is -2.19. The summed E-state index contributed by atoms with van der Waals surface area (Å²) in [5, 5.41) is 12.9. The molecular weight excluding hydrogens is 202 g/mol. The van der Waals surface area contributed by atoms with E-state index in [-0.39, 0.29) is 0 Å². The molecule has 1 fully saturated rings. The average molecular weight is 221 g/mol. The minimum absolute atomic E-state index is 0.368. The zero-order valence-electron chi connectivity index (χ0n) is 9.48. The third kappa shape index (κ3) is 3.22. The Kier molecular flexibility index (Phi) is 4.19. The number of phenols is 1. The molecule has 3 heteroatoms. The quantitative estimate of drug-likeness (QED) is 0.748. The minimum Gasteiger partial charge on any atom is -0.508 e. The fourth-order valence-corrected chi connectivity index (χ4v) is 2.02. The normalized spacial score (nSPS) is 20.1. The molecule has 0 radical (unpaired) electrons. The van der Waals surface area contributed by atoms with Gasteiger partial charge in [-0.1, -0.05) is 18.2 Å². The van der Waals surface area contributed by atoms with E-state index in [9.17, 15) is 5.11 Å². The van der Waals surface area contributed by atoms with Crippen LogP contribution in [0, 0.1) is 0 Å². The maximum Gasteiger partial charge on any atom is 0.120 e. The Morgan fingerprint density at radius 1 is 1.38 bits per heavy atom. The van der Waals surface area contributed by atoms with Crippen LogP contribution in [0.3, 0.4) is 0 Å². The fraction of sp³-hybridized carbons (Fsp3) is 0.538. The summed E-state index contributed by atoms with van der Waals surface area (Å²) in [5.41, 5.74) is 0.954. The highest BCUT2D eigenvalue weighted by Crippen LogP contribution is 2.16. The van der Waals surface area contributed by atoms with E-state index >= 15 is 0 Å². The number of benzene rings is 1. The van der Waals surface area contributed by atoms with Crippen LogP contribution in [0.1, 0.15) is 24.8 Å². The van der Waals surface area contributed by atoms with Gasteiger partial charge in [-0.25, -0.2) is 0 Å². The van der Waals surface area contributed by atoms with E-state index in [1.807, 2.05) is 18.2 Å². The maximum atomic E-state index is 9.56. The highest BCUT2D eigenvalue weighted by Gasteiger charge is 2.14. The predicted octanol–water partition coefficient (Wildman–Crippen LogP) is 2.05. The van der Waals surface area contributed by atoms with E-state index in [0.717, 1.165) is 31.7 Å². The molecule has 88 valence electrons. The Morgan fingerprint density at radius 2 is 2.25 bits per heavy atom. The van der Waals surface area contributed by atoms with Crippen LogP contribution in [-0.4, -0.2) is 24.4 Å². The molecule has 1 unspecified atom stereocenters. The molecule has 0 aromatic heterocycles. The Balaban J connectivity index is 1.66. The Morgan fingerprint density at radius 3 is 3.00 bits per heavy atom. The first-order chi connectivity index (χ1) is 7.86. The number of para-hydroxylation sites is 1. The monoisotopic (exact) mass is 221 g/mol. The topological polar surface area (TPSA) is 41.5 Å². The van der Waals surface area contributed by atoms with Gasteiger partial charge in [0.25, 0.3) is 0 Å². The standard InChI is InChI=1S/C13H19NO2/c15-13-6-2-1-4-11(13)10-14-8-7-12-5-3-9-16-12/h1-2,4,6,12,14-15H,3,5,7-10H2. The minimum atomic E-state index is 0.368. The first kappa shape index (κ1) is 11.4. The zero-order valence-corrected chi connectivity index (χ0v) is 9.48. The first-order valence-electron chi connectivity index (χ1n) is 5.95. The highest BCUT2D eigenvalue weighted by molar-refractivity contribution is 5.31. The van der Waals surface area contributed by atoms with E-state index in [4.69, 9.17) is 4.74 Å². The van der Waals surface area contributed by atoms with Crippen molar-refractivity contribution in [2.75, 3.05) is 13.2 Å². The maximum absolute atomic E-state index is 9.56. The highest BCUT2D eigenvalue weighted by atomic mass is 16.5. The molecule has 1 aliphatic heterocycles. The van der Waals surface area contributed by atoms with Crippen molar-refractivity contribution in [1.82, 2.24) is 5.32 Å². The Bertz CT molecular complexity index is 321. The summed E-state index contributed by atoms with van der Waals surface area (Å²) >= 11 is 0. The smallest absolute Gasteiger partial charge is 0.120 e. The third-order valence-corrected chi connectivity index (χ3v) is 2.97. The lowest BCUT2D eigenvalue weighted by molar-refractivity contribution is 0.104. The van der Waals surface area contributed by atoms with Gasteiger partial charge in [0.1, 0.15) is 5.75 Å². The lowest BCUT2D eigenvalue weighted by atomic mass is 10.1. The van der Waals surface area contributed by atoms with Gasteiger partial charge in [-0.3, -0.25) is 0 Å². The summed E-state index contributed by atoms with van der Waals surface area (Å²) in [6, 6.07) is 7.44. The number of hydrogen-bond acceptors (Lipinski definition) is 3. The molecule has 2 rings (SSSR count). The molecule has 0 spiro atoms. The molecule has 0 bridgehead atoms. The molecule has 2 N–H and O–H groups in total. The van der Waals surface area contributed by atoms with Crippen molar-refractivity contribution in [1.29, 1.82) is 0 Å². The second-order valence-electron chi connectivity index (χ2n) is 4.23. The van der Waals surface area contributed by atoms with Gasteiger partial charge in [0.2, 0.25) is 0 Å². The molecule has 1 heterocycles. The van der Waals surface area contributed by atoms with Crippen LogP contribution in [0.2, 0.25) is 0 Å². The molecule has 0 aliphatic carbocycles. The number of aromatic hydroxyl groups is 1. The van der Waals surface area contributed by atoms with Crippen LogP contribution in [0.4, 0.5) is 0 Å². The first-order valence-corrected chi connectivity index (χ1v) is 5.95. The van der Waals surface area contributed by atoms with Crippen LogP contribution in [0.5, 0.6) is 5.75 Å². The van der Waals surface area contributed by atoms with Gasteiger partial charge in [-0.15, -0.1) is 0 Å². The number of ether oxygens (including phenoxy) is 1. The van der Waals surface area contributed by atoms with Crippen molar-refractivity contribution in [2.45, 2.75) is 31.9 Å². The van der Waals surface area contributed by atoms with Crippen molar-refractivity contribution in [3.05, 3.63) is 29.8 Å². The summed E-state index contributed by atoms with van der Waals surface area (Å²) in [6.07, 6.45) is 3.90. The predicted molar refractivity (Wildman–Crippen MR) is 63.4 cm³/mol. The Hall–Kier alpha value is -1.06. The van der Waals surface area contributed by atoms with Crippen LogP contribution in [0.15, 0.2) is 24.3 Å². The SMILES string of the molecule is Oc1ccccc1CNCCC1CCCO1. The molecule has 16 heavy (non-hydrogen) atoms. The fourth-order valence-electron chi connectivity index (χ4n) is 2.02. The molecule has 1 aliphatic rings. The van der Waals surface area contributed by atoms with Gasteiger partial charge in [0, 0.05) is 18.7 Å². The van der Waals surface area contributed by atoms with E-state index < -0.39 is 0 Å². The second-order valence-corrected chi connectivity index (χ2v) is 4.23. The van der Waals surface area contributed by atoms with Crippen LogP contribution in [-0.2, 0) is 11.3 Å². The molecule has 1 aromatic carbocycles. The summed E-state index contributed by atoms with van der Waals surface area (Å²) in [7, 11) is 0. The Labute approximate surface area is 96.4 Å². The number of phenolic OH excluding ortho intramolecular Hbond substituents is 1. The lowest BCUT2D eigenvalue weighted by Gasteiger charge is -2.10. The molecule has 1 saturated heterocycles. The van der Waals surface area contributed by atoms with Gasteiger partial charge >= 0.3 is 0 Å². The van der Waals surface area contributed by atoms with Gasteiger partial charge in [-0.2, -0.15) is 0 Å². The van der Waals surface area contributed by atoms with Gasteiger partial charge in [0.05, 0.1) is 6.10 Å². The third-order valence-electron chi connectivity index (χ3n) is 2.97. The summed E-state index contributed by atoms with van der Waals surface area (Å²) in [6.45, 7) is 2.59. The van der Waals surface area contributed by atoms with Crippen molar-refractivity contribution < 1.29 is 9.84 Å². The van der Waals surface area contributed by atoms with Crippen molar-refractivity contribution in [2.24, 2.45) is 0 Å². The summed E-state index contributed by atoms with van der Waals surface area (Å²) < 4.78 is 5.54. The number of nitrogens with one attached hydrogen (secondary N) is 1. The van der Waals surface area contributed by atoms with E-state index in [1.54, 1.807) is 6.07 Å². The van der Waals surface area contributed by atoms with Gasteiger partial charge < -0.3 is 15.2 Å². The number of hydrogen-bond donors (Lipinski definition) is 2. The zero-order chi connectivity index (χ0) is 11.2. The number of rotatable bonds is 5. The van der Waals surface area contributed by atoms with Crippen molar-refractivity contribution in [3.8, 4) is 5.75 Å². The van der Waals surface area contributed by atoms with Crippen LogP contribution in [0.25, 0.3) is 0 Å². The van der Waals surface area contributed by atoms with Crippen molar-refractivity contribution >= 4 is 0 Å². The average Bonchev–Trinajstić information content (AvgIpc) is 2.79. The van der Waals surface area contributed by atoms with E-state index in [1.165, 1.54) is 12.8 Å². The van der Waals surface area contributed by atoms with Gasteiger partial charge in [-0.05, 0) is 31.9 Å². The largest absolute Gasteiger partial charge is 0.508 e. The molecule has 1 aromatic rings. The molecule has 0 saturated carbocycles. The van der Waals surface area contributed by atoms with Crippen molar-refractivity contribution in [3.63, 3.8) is 0 Å². The van der Waals surface area contributed by atoms with E-state index in [0.29, 0.717) is 11.9 Å². The second kappa shape index (κ2) is 5.87. The molecule has 3 nitrogen and oxygen atoms in total. The van der Waals surface area contributed by atoms with Crippen LogP contribution >= 0.6 is 0 Å².